The molecule has 250 valence electrons. The smallest absolute Gasteiger partial charge is 0.345 e. The summed E-state index contributed by atoms with van der Waals surface area (Å²) in [5.74, 6) is -7.46. The van der Waals surface area contributed by atoms with E-state index in [2.05, 4.69) is 4.98 Å². The molecule has 3 aliphatic rings. The Balaban J connectivity index is 1.50. The minimum atomic E-state index is -1.72. The highest BCUT2D eigenvalue weighted by atomic mass is 19.2. The van der Waals surface area contributed by atoms with E-state index >= 15 is 0 Å². The van der Waals surface area contributed by atoms with Crippen LogP contribution in [0.3, 0.4) is 0 Å². The molecular weight excluding hydrogens is 619 g/mol. The van der Waals surface area contributed by atoms with Crippen LogP contribution in [0.2, 0.25) is 0 Å². The maximum absolute atomic E-state index is 14.2. The van der Waals surface area contributed by atoms with Gasteiger partial charge in [0.05, 0.1) is 18.3 Å². The topological polar surface area (TPSA) is 125 Å². The van der Waals surface area contributed by atoms with E-state index in [0.717, 1.165) is 0 Å². The number of ether oxygens (including phenoxy) is 3. The molecule has 0 spiro atoms. The van der Waals surface area contributed by atoms with Crippen LogP contribution in [0.15, 0.2) is 51.9 Å². The minimum absolute atomic E-state index is 0.0279. The lowest BCUT2D eigenvalue weighted by Crippen LogP contribution is -2.70. The molecule has 1 aliphatic heterocycles. The van der Waals surface area contributed by atoms with E-state index in [1.807, 2.05) is 20.8 Å². The maximum Gasteiger partial charge on any atom is 0.345 e. The molecule has 2 aromatic heterocycles. The minimum Gasteiger partial charge on any atom is -0.482 e. The predicted molar refractivity (Wildman–Crippen MR) is 161 cm³/mol. The number of aliphatic hydroxyl groups is 1. The van der Waals surface area contributed by atoms with E-state index in [4.69, 9.17) is 18.6 Å². The molecule has 0 saturated heterocycles. The van der Waals surface area contributed by atoms with Gasteiger partial charge in [-0.3, -0.25) is 9.78 Å². The largest absolute Gasteiger partial charge is 0.482 e. The van der Waals surface area contributed by atoms with Crippen LogP contribution in [0.5, 0.6) is 5.75 Å². The summed E-state index contributed by atoms with van der Waals surface area (Å²) >= 11 is 0. The normalized spacial score (nSPS) is 32.7. The van der Waals surface area contributed by atoms with Gasteiger partial charge in [-0.25, -0.2) is 22.8 Å². The van der Waals surface area contributed by atoms with E-state index in [-0.39, 0.29) is 41.9 Å². The van der Waals surface area contributed by atoms with Crippen molar-refractivity contribution in [1.82, 2.24) is 4.98 Å². The van der Waals surface area contributed by atoms with Gasteiger partial charge in [0.15, 0.2) is 17.5 Å². The second kappa shape index (κ2) is 11.5. The zero-order chi connectivity index (χ0) is 34.1. The van der Waals surface area contributed by atoms with Gasteiger partial charge in [0, 0.05) is 42.3 Å². The average Bonchev–Trinajstić information content (AvgIpc) is 3.01. The molecule has 9 nitrogen and oxygen atoms in total. The number of fused-ring (bicyclic) bond motifs is 4. The van der Waals surface area contributed by atoms with Crippen molar-refractivity contribution in [1.29, 1.82) is 0 Å². The van der Waals surface area contributed by atoms with Gasteiger partial charge in [-0.05, 0) is 67.7 Å². The summed E-state index contributed by atoms with van der Waals surface area (Å²) in [6.45, 7) is 9.05. The average molecular weight is 656 g/mol. The van der Waals surface area contributed by atoms with Gasteiger partial charge < -0.3 is 23.7 Å². The molecule has 2 fully saturated rings. The Kier molecular flexibility index (Phi) is 8.01. The number of esters is 2. The number of aliphatic hydroxyl groups excluding tert-OH is 1. The monoisotopic (exact) mass is 655 g/mol. The Bertz CT molecular complexity index is 1780. The quantitative estimate of drug-likeness (QED) is 0.254. The van der Waals surface area contributed by atoms with Gasteiger partial charge in [-0.2, -0.15) is 0 Å². The van der Waals surface area contributed by atoms with Crippen molar-refractivity contribution in [3.8, 4) is 17.1 Å². The standard InChI is InChI=1S/C35H36F3NO8/c1-17-8-9-33(3)25(34(17,4)16-44-18(2)40)14-26(46-31(42)20-11-21(36)28(38)22(37)12-20)35(5)30(33)29(41)27-24(47-35)13-23(45-32(27)43)19-7-6-10-39-15-19/h6-7,10-13,15,17,25-26,29-30,41H,8-9,14,16H2,1-5H3/t17-,25?,26-,29-,30?,33-,34?,35+/m0/s1. The Hall–Kier alpha value is -4.19. The third-order valence-electron chi connectivity index (χ3n) is 11.1. The number of halogens is 3. The lowest BCUT2D eigenvalue weighted by atomic mass is 9.41. The van der Waals surface area contributed by atoms with E-state index in [9.17, 15) is 32.7 Å². The van der Waals surface area contributed by atoms with Crippen LogP contribution in [-0.2, 0) is 14.3 Å². The first kappa shape index (κ1) is 32.7. The van der Waals surface area contributed by atoms with Gasteiger partial charge in [0.1, 0.15) is 28.8 Å². The number of carbonyl (C=O) groups excluding carboxylic acids is 2. The van der Waals surface area contributed by atoms with Crippen molar-refractivity contribution in [2.24, 2.45) is 28.6 Å². The first-order valence-corrected chi connectivity index (χ1v) is 15.5. The summed E-state index contributed by atoms with van der Waals surface area (Å²) < 4.78 is 65.9. The molecule has 0 radical (unpaired) electrons. The molecule has 1 aromatic carbocycles. The van der Waals surface area contributed by atoms with Crippen LogP contribution in [0, 0.1) is 46.0 Å². The number of carbonyl (C=O) groups is 2. The van der Waals surface area contributed by atoms with Crippen molar-refractivity contribution < 1.29 is 46.5 Å². The van der Waals surface area contributed by atoms with Gasteiger partial charge in [-0.1, -0.05) is 20.8 Å². The van der Waals surface area contributed by atoms with Crippen molar-refractivity contribution in [2.75, 3.05) is 6.61 Å². The van der Waals surface area contributed by atoms with E-state index in [0.29, 0.717) is 30.5 Å². The molecule has 3 heterocycles. The summed E-state index contributed by atoms with van der Waals surface area (Å²) in [4.78, 5) is 43.1. The van der Waals surface area contributed by atoms with Gasteiger partial charge >= 0.3 is 17.6 Å². The number of hydrogen-bond donors (Lipinski definition) is 1. The second-order valence-corrected chi connectivity index (χ2v) is 13.8. The molecule has 0 amide bonds. The van der Waals surface area contributed by atoms with E-state index in [1.165, 1.54) is 19.2 Å². The molecule has 47 heavy (non-hydrogen) atoms. The van der Waals surface area contributed by atoms with Crippen LogP contribution >= 0.6 is 0 Å². The highest BCUT2D eigenvalue weighted by Crippen LogP contribution is 2.68. The fraction of sp³-hybridized carbons (Fsp3) is 0.486. The molecule has 2 aliphatic carbocycles. The third kappa shape index (κ3) is 5.21. The van der Waals surface area contributed by atoms with Crippen molar-refractivity contribution in [3.63, 3.8) is 0 Å². The molecular formula is C35H36F3NO8. The van der Waals surface area contributed by atoms with Crippen molar-refractivity contribution >= 4 is 11.9 Å². The molecule has 1 N–H and O–H groups in total. The highest BCUT2D eigenvalue weighted by molar-refractivity contribution is 5.89. The fourth-order valence-corrected chi connectivity index (χ4v) is 8.57. The SMILES string of the molecule is CC(=O)OCC1(C)C2C[C@H](OC(=O)c3cc(F)c(F)c(F)c3)[C@@]3(C)Oc4cc(-c5cccnc5)oc(=O)c4[C@H](O)C3[C@@]2(C)CC[C@@H]1C. The number of pyridine rings is 1. The molecule has 3 aromatic rings. The highest BCUT2D eigenvalue weighted by Gasteiger charge is 2.70. The second-order valence-electron chi connectivity index (χ2n) is 13.8. The first-order chi connectivity index (χ1) is 22.1. The maximum atomic E-state index is 14.2. The van der Waals surface area contributed by atoms with Gasteiger partial charge in [-0.15, -0.1) is 0 Å². The molecule has 2 saturated carbocycles. The lowest BCUT2D eigenvalue weighted by molar-refractivity contribution is -0.257. The molecule has 0 bridgehead atoms. The lowest BCUT2D eigenvalue weighted by Gasteiger charge is -2.66. The number of rotatable bonds is 5. The zero-order valence-electron chi connectivity index (χ0n) is 26.6. The Morgan fingerprint density at radius 1 is 1.13 bits per heavy atom. The fourth-order valence-electron chi connectivity index (χ4n) is 8.57. The Labute approximate surface area is 269 Å². The first-order valence-electron chi connectivity index (χ1n) is 15.5. The van der Waals surface area contributed by atoms with Crippen LogP contribution in [0.25, 0.3) is 11.3 Å². The molecule has 8 atom stereocenters. The summed E-state index contributed by atoms with van der Waals surface area (Å²) in [7, 11) is 0. The molecule has 12 heteroatoms. The van der Waals surface area contributed by atoms with E-state index < -0.39 is 75.1 Å². The molecule has 3 unspecified atom stereocenters. The number of nitrogens with zero attached hydrogens (tertiary/aromatic N) is 1. The summed E-state index contributed by atoms with van der Waals surface area (Å²) in [6, 6.07) is 5.94. The van der Waals surface area contributed by atoms with Crippen molar-refractivity contribution in [3.05, 3.63) is 81.7 Å². The van der Waals surface area contributed by atoms with Gasteiger partial charge in [0.25, 0.3) is 0 Å². The predicted octanol–water partition coefficient (Wildman–Crippen LogP) is 6.17. The third-order valence-corrected chi connectivity index (χ3v) is 11.1. The zero-order valence-corrected chi connectivity index (χ0v) is 26.6. The van der Waals surface area contributed by atoms with Crippen LogP contribution in [-0.4, -0.2) is 40.3 Å². The van der Waals surface area contributed by atoms with Crippen molar-refractivity contribution in [2.45, 2.75) is 71.7 Å². The number of benzene rings is 1. The van der Waals surface area contributed by atoms with Crippen LogP contribution in [0.4, 0.5) is 13.2 Å². The summed E-state index contributed by atoms with van der Waals surface area (Å²) in [5.41, 5.74) is -3.86. The van der Waals surface area contributed by atoms with Crippen LogP contribution < -0.4 is 10.4 Å². The Morgan fingerprint density at radius 2 is 1.83 bits per heavy atom. The summed E-state index contributed by atoms with van der Waals surface area (Å²) in [6.07, 6.45) is 1.92. The molecule has 6 rings (SSSR count). The number of hydrogen-bond acceptors (Lipinski definition) is 9. The Morgan fingerprint density at radius 3 is 2.47 bits per heavy atom. The van der Waals surface area contributed by atoms with E-state index in [1.54, 1.807) is 25.3 Å². The van der Waals surface area contributed by atoms with Gasteiger partial charge in [0.2, 0.25) is 0 Å². The summed E-state index contributed by atoms with van der Waals surface area (Å²) in [5, 5.41) is 12.2. The van der Waals surface area contributed by atoms with Crippen LogP contribution in [0.1, 0.15) is 75.9 Å². The number of aromatic nitrogens is 1.